The van der Waals surface area contributed by atoms with Crippen LogP contribution in [-0.4, -0.2) is 22.6 Å². The maximum absolute atomic E-state index is 12.0. The third-order valence-corrected chi connectivity index (χ3v) is 2.45. The molecular formula is C13H16N4O2. The monoisotopic (exact) mass is 260 g/mol. The van der Waals surface area contributed by atoms with Crippen molar-refractivity contribution in [2.45, 2.75) is 20.3 Å². The van der Waals surface area contributed by atoms with Crippen molar-refractivity contribution >= 4 is 17.4 Å². The molecule has 6 nitrogen and oxygen atoms in total. The van der Waals surface area contributed by atoms with Gasteiger partial charge in [-0.15, -0.1) is 0 Å². The lowest BCUT2D eigenvalue weighted by atomic mass is 10.2. The van der Waals surface area contributed by atoms with E-state index >= 15 is 0 Å². The molecule has 2 aromatic heterocycles. The van der Waals surface area contributed by atoms with E-state index in [1.165, 1.54) is 6.20 Å². The van der Waals surface area contributed by atoms with Gasteiger partial charge >= 0.3 is 0 Å². The number of nitrogens with one attached hydrogen (secondary N) is 2. The molecule has 0 saturated carbocycles. The summed E-state index contributed by atoms with van der Waals surface area (Å²) >= 11 is 0. The van der Waals surface area contributed by atoms with Gasteiger partial charge in [-0.2, -0.15) is 0 Å². The van der Waals surface area contributed by atoms with Crippen LogP contribution in [0.3, 0.4) is 0 Å². The molecule has 0 fully saturated rings. The van der Waals surface area contributed by atoms with Crippen LogP contribution >= 0.6 is 0 Å². The minimum absolute atomic E-state index is 0.263. The SMILES string of the molecule is CCCNc1cncc(C(=O)Nc2cc(C)on2)c1. The summed E-state index contributed by atoms with van der Waals surface area (Å²) in [6.45, 7) is 4.68. The zero-order chi connectivity index (χ0) is 13.7. The van der Waals surface area contributed by atoms with Gasteiger partial charge in [0.15, 0.2) is 5.82 Å². The minimum Gasteiger partial charge on any atom is -0.384 e. The number of hydrogen-bond acceptors (Lipinski definition) is 5. The van der Waals surface area contributed by atoms with Crippen molar-refractivity contribution in [3.63, 3.8) is 0 Å². The Labute approximate surface area is 111 Å². The molecule has 0 spiro atoms. The molecular weight excluding hydrogens is 244 g/mol. The standard InChI is InChI=1S/C13H16N4O2/c1-3-4-15-11-6-10(7-14-8-11)13(18)16-12-5-9(2)19-17-12/h5-8,15H,3-4H2,1-2H3,(H,16,17,18). The highest BCUT2D eigenvalue weighted by molar-refractivity contribution is 6.04. The highest BCUT2D eigenvalue weighted by atomic mass is 16.5. The molecule has 0 aromatic carbocycles. The molecule has 0 saturated heterocycles. The summed E-state index contributed by atoms with van der Waals surface area (Å²) in [4.78, 5) is 16.0. The van der Waals surface area contributed by atoms with E-state index in [4.69, 9.17) is 4.52 Å². The van der Waals surface area contributed by atoms with Crippen LogP contribution in [0, 0.1) is 6.92 Å². The molecule has 100 valence electrons. The Hall–Kier alpha value is -2.37. The normalized spacial score (nSPS) is 10.2. The number of pyridine rings is 1. The number of aryl methyl sites for hydroxylation is 1. The van der Waals surface area contributed by atoms with E-state index < -0.39 is 0 Å². The van der Waals surface area contributed by atoms with E-state index in [9.17, 15) is 4.79 Å². The number of carbonyl (C=O) groups is 1. The quantitative estimate of drug-likeness (QED) is 0.863. The smallest absolute Gasteiger partial charge is 0.258 e. The lowest BCUT2D eigenvalue weighted by Gasteiger charge is -2.06. The van der Waals surface area contributed by atoms with E-state index in [-0.39, 0.29) is 5.91 Å². The first kappa shape index (κ1) is 13.1. The van der Waals surface area contributed by atoms with Crippen molar-refractivity contribution < 1.29 is 9.32 Å². The van der Waals surface area contributed by atoms with Crippen molar-refractivity contribution in [1.82, 2.24) is 10.1 Å². The summed E-state index contributed by atoms with van der Waals surface area (Å²) in [5, 5.41) is 9.54. The van der Waals surface area contributed by atoms with Crippen LogP contribution in [0.25, 0.3) is 0 Å². The number of anilines is 2. The highest BCUT2D eigenvalue weighted by Crippen LogP contribution is 2.12. The van der Waals surface area contributed by atoms with Crippen molar-refractivity contribution in [3.8, 4) is 0 Å². The summed E-state index contributed by atoms with van der Waals surface area (Å²) in [5.74, 6) is 0.780. The average Bonchev–Trinajstić information content (AvgIpc) is 2.82. The molecule has 0 unspecified atom stereocenters. The Bertz CT molecular complexity index is 565. The van der Waals surface area contributed by atoms with Gasteiger partial charge in [-0.25, -0.2) is 0 Å². The summed E-state index contributed by atoms with van der Waals surface area (Å²) in [6, 6.07) is 3.41. The van der Waals surface area contributed by atoms with E-state index in [0.717, 1.165) is 18.7 Å². The first-order chi connectivity index (χ1) is 9.19. The average molecular weight is 260 g/mol. The molecule has 2 aromatic rings. The highest BCUT2D eigenvalue weighted by Gasteiger charge is 2.09. The Morgan fingerprint density at radius 3 is 2.89 bits per heavy atom. The van der Waals surface area contributed by atoms with Gasteiger partial charge in [0.25, 0.3) is 5.91 Å². The fourth-order valence-electron chi connectivity index (χ4n) is 1.54. The van der Waals surface area contributed by atoms with Crippen LogP contribution in [0.15, 0.2) is 29.0 Å². The zero-order valence-electron chi connectivity index (χ0n) is 10.9. The lowest BCUT2D eigenvalue weighted by molar-refractivity contribution is 0.102. The second-order valence-corrected chi connectivity index (χ2v) is 4.17. The Kier molecular flexibility index (Phi) is 4.12. The molecule has 0 aliphatic heterocycles. The van der Waals surface area contributed by atoms with Crippen LogP contribution in [0.1, 0.15) is 29.5 Å². The van der Waals surface area contributed by atoms with Crippen LogP contribution in [-0.2, 0) is 0 Å². The molecule has 19 heavy (non-hydrogen) atoms. The van der Waals surface area contributed by atoms with Gasteiger partial charge in [0.05, 0.1) is 11.3 Å². The van der Waals surface area contributed by atoms with Gasteiger partial charge in [0, 0.05) is 25.0 Å². The molecule has 6 heteroatoms. The van der Waals surface area contributed by atoms with Crippen LogP contribution < -0.4 is 10.6 Å². The molecule has 0 atom stereocenters. The summed E-state index contributed by atoms with van der Waals surface area (Å²) in [5.41, 5.74) is 1.30. The zero-order valence-corrected chi connectivity index (χ0v) is 10.9. The summed E-state index contributed by atoms with van der Waals surface area (Å²) in [7, 11) is 0. The number of amides is 1. The Morgan fingerprint density at radius 1 is 1.37 bits per heavy atom. The predicted octanol–water partition coefficient (Wildman–Crippen LogP) is 2.45. The molecule has 2 N–H and O–H groups in total. The van der Waals surface area contributed by atoms with Gasteiger partial charge in [0.2, 0.25) is 0 Å². The van der Waals surface area contributed by atoms with Gasteiger partial charge in [-0.1, -0.05) is 12.1 Å². The van der Waals surface area contributed by atoms with E-state index in [1.807, 2.05) is 0 Å². The van der Waals surface area contributed by atoms with E-state index in [1.54, 1.807) is 25.3 Å². The Morgan fingerprint density at radius 2 is 2.21 bits per heavy atom. The molecule has 1 amide bonds. The second-order valence-electron chi connectivity index (χ2n) is 4.17. The van der Waals surface area contributed by atoms with Gasteiger partial charge in [-0.3, -0.25) is 9.78 Å². The van der Waals surface area contributed by atoms with Crippen molar-refractivity contribution in [1.29, 1.82) is 0 Å². The molecule has 0 aliphatic rings. The second kappa shape index (κ2) is 5.99. The Balaban J connectivity index is 2.06. The first-order valence-corrected chi connectivity index (χ1v) is 6.12. The van der Waals surface area contributed by atoms with Crippen LogP contribution in [0.2, 0.25) is 0 Å². The van der Waals surface area contributed by atoms with Crippen LogP contribution in [0.5, 0.6) is 0 Å². The number of carbonyl (C=O) groups excluding carboxylic acids is 1. The third-order valence-electron chi connectivity index (χ3n) is 2.45. The fraction of sp³-hybridized carbons (Fsp3) is 0.308. The summed E-state index contributed by atoms with van der Waals surface area (Å²) < 4.78 is 4.89. The van der Waals surface area contributed by atoms with Gasteiger partial charge in [-0.05, 0) is 19.4 Å². The number of nitrogens with zero attached hydrogens (tertiary/aromatic N) is 2. The van der Waals surface area contributed by atoms with E-state index in [2.05, 4.69) is 27.7 Å². The van der Waals surface area contributed by atoms with E-state index in [0.29, 0.717) is 17.1 Å². The molecule has 0 aliphatic carbocycles. The van der Waals surface area contributed by atoms with Gasteiger partial charge in [0.1, 0.15) is 5.76 Å². The number of aromatic nitrogens is 2. The number of hydrogen-bond donors (Lipinski definition) is 2. The topological polar surface area (TPSA) is 80.0 Å². The predicted molar refractivity (Wildman–Crippen MR) is 72.2 cm³/mol. The number of rotatable bonds is 5. The largest absolute Gasteiger partial charge is 0.384 e. The van der Waals surface area contributed by atoms with Crippen molar-refractivity contribution in [3.05, 3.63) is 35.9 Å². The fourth-order valence-corrected chi connectivity index (χ4v) is 1.54. The molecule has 2 heterocycles. The molecule has 0 bridgehead atoms. The summed E-state index contributed by atoms with van der Waals surface area (Å²) in [6.07, 6.45) is 4.21. The minimum atomic E-state index is -0.263. The third kappa shape index (κ3) is 3.54. The maximum atomic E-state index is 12.0. The lowest BCUT2D eigenvalue weighted by Crippen LogP contribution is -2.13. The molecule has 0 radical (unpaired) electrons. The van der Waals surface area contributed by atoms with Crippen LogP contribution in [0.4, 0.5) is 11.5 Å². The maximum Gasteiger partial charge on any atom is 0.258 e. The van der Waals surface area contributed by atoms with Gasteiger partial charge < -0.3 is 15.2 Å². The van der Waals surface area contributed by atoms with Crippen molar-refractivity contribution in [2.24, 2.45) is 0 Å². The van der Waals surface area contributed by atoms with Crippen molar-refractivity contribution in [2.75, 3.05) is 17.2 Å². The first-order valence-electron chi connectivity index (χ1n) is 6.12. The molecule has 2 rings (SSSR count).